The lowest BCUT2D eigenvalue weighted by molar-refractivity contribution is 0.668. The third-order valence-electron chi connectivity index (χ3n) is 3.28. The van der Waals surface area contributed by atoms with Gasteiger partial charge in [0.2, 0.25) is 0 Å². The maximum Gasteiger partial charge on any atom is 0.185 e. The van der Waals surface area contributed by atoms with Gasteiger partial charge in [-0.05, 0) is 25.6 Å². The Morgan fingerprint density at radius 2 is 2.11 bits per heavy atom. The van der Waals surface area contributed by atoms with E-state index in [4.69, 9.17) is 4.98 Å². The SMILES string of the molecule is CCC(CSC)N(C)c1nc(C(C)C)c(CNC)s1. The van der Waals surface area contributed by atoms with E-state index in [2.05, 4.69) is 44.3 Å². The minimum atomic E-state index is 0.488. The first-order valence-electron chi connectivity index (χ1n) is 6.91. The van der Waals surface area contributed by atoms with E-state index in [1.54, 1.807) is 0 Å². The van der Waals surface area contributed by atoms with Crippen molar-refractivity contribution >= 4 is 28.2 Å². The molecule has 0 spiro atoms. The Morgan fingerprint density at radius 3 is 2.58 bits per heavy atom. The van der Waals surface area contributed by atoms with E-state index >= 15 is 0 Å². The number of hydrogen-bond acceptors (Lipinski definition) is 5. The van der Waals surface area contributed by atoms with E-state index in [0.29, 0.717) is 12.0 Å². The summed E-state index contributed by atoms with van der Waals surface area (Å²) in [4.78, 5) is 8.60. The molecule has 1 rings (SSSR count). The Balaban J connectivity index is 2.96. The predicted molar refractivity (Wildman–Crippen MR) is 89.8 cm³/mol. The smallest absolute Gasteiger partial charge is 0.185 e. The molecule has 0 aliphatic rings. The van der Waals surface area contributed by atoms with Gasteiger partial charge in [0.25, 0.3) is 0 Å². The maximum atomic E-state index is 4.87. The van der Waals surface area contributed by atoms with E-state index in [1.807, 2.05) is 30.1 Å². The molecule has 19 heavy (non-hydrogen) atoms. The zero-order valence-electron chi connectivity index (χ0n) is 13.0. The molecule has 1 aromatic heterocycles. The molecule has 1 unspecified atom stereocenters. The van der Waals surface area contributed by atoms with E-state index in [0.717, 1.165) is 23.8 Å². The Labute approximate surface area is 126 Å². The number of nitrogens with one attached hydrogen (secondary N) is 1. The Bertz CT molecular complexity index is 377. The molecular weight excluding hydrogens is 274 g/mol. The molecule has 1 aromatic rings. The second kappa shape index (κ2) is 8.12. The second-order valence-electron chi connectivity index (χ2n) is 5.12. The molecular formula is C14H27N3S2. The van der Waals surface area contributed by atoms with Gasteiger partial charge in [-0.2, -0.15) is 11.8 Å². The van der Waals surface area contributed by atoms with E-state index < -0.39 is 0 Å². The normalized spacial score (nSPS) is 13.0. The van der Waals surface area contributed by atoms with Crippen molar-refractivity contribution in [1.82, 2.24) is 10.3 Å². The molecule has 3 nitrogen and oxygen atoms in total. The highest BCUT2D eigenvalue weighted by Gasteiger charge is 2.20. The van der Waals surface area contributed by atoms with Crippen LogP contribution in [0.2, 0.25) is 0 Å². The summed E-state index contributed by atoms with van der Waals surface area (Å²) < 4.78 is 0. The first-order chi connectivity index (χ1) is 9.04. The molecule has 0 aliphatic carbocycles. The number of rotatable bonds is 8. The third kappa shape index (κ3) is 4.36. The fraction of sp³-hybridized carbons (Fsp3) is 0.786. The van der Waals surface area contributed by atoms with Crippen LogP contribution >= 0.6 is 23.1 Å². The van der Waals surface area contributed by atoms with Crippen molar-refractivity contribution in [2.24, 2.45) is 0 Å². The van der Waals surface area contributed by atoms with E-state index in [9.17, 15) is 0 Å². The highest BCUT2D eigenvalue weighted by Crippen LogP contribution is 2.31. The van der Waals surface area contributed by atoms with Crippen LogP contribution < -0.4 is 10.2 Å². The van der Waals surface area contributed by atoms with Crippen LogP contribution in [0.15, 0.2) is 0 Å². The van der Waals surface area contributed by atoms with Crippen LogP contribution in [0.25, 0.3) is 0 Å². The molecule has 0 saturated heterocycles. The molecule has 1 heterocycles. The van der Waals surface area contributed by atoms with Crippen LogP contribution in [-0.2, 0) is 6.54 Å². The topological polar surface area (TPSA) is 28.2 Å². The monoisotopic (exact) mass is 301 g/mol. The Morgan fingerprint density at radius 1 is 1.42 bits per heavy atom. The van der Waals surface area contributed by atoms with Crippen molar-refractivity contribution in [3.8, 4) is 0 Å². The minimum Gasteiger partial charge on any atom is -0.347 e. The first-order valence-corrected chi connectivity index (χ1v) is 9.12. The molecule has 110 valence electrons. The molecule has 1 N–H and O–H groups in total. The van der Waals surface area contributed by atoms with E-state index in [1.165, 1.54) is 10.6 Å². The molecule has 0 aromatic carbocycles. The molecule has 1 atom stereocenters. The summed E-state index contributed by atoms with van der Waals surface area (Å²) in [5, 5.41) is 4.41. The van der Waals surface area contributed by atoms with Crippen LogP contribution in [0.5, 0.6) is 0 Å². The summed E-state index contributed by atoms with van der Waals surface area (Å²) in [6, 6.07) is 0.573. The number of hydrogen-bond donors (Lipinski definition) is 1. The van der Waals surface area contributed by atoms with Gasteiger partial charge >= 0.3 is 0 Å². The van der Waals surface area contributed by atoms with Crippen LogP contribution in [0, 0.1) is 0 Å². The first kappa shape index (κ1) is 16.8. The molecule has 0 amide bonds. The standard InChI is InChI=1S/C14H27N3S2/c1-7-11(9-18-6)17(5)14-16-13(10(2)3)12(19-14)8-15-4/h10-11,15H,7-9H2,1-6H3. The van der Waals surface area contributed by atoms with Gasteiger partial charge < -0.3 is 10.2 Å². The number of thiazole rings is 1. The van der Waals surface area contributed by atoms with Crippen LogP contribution in [0.3, 0.4) is 0 Å². The lowest BCUT2D eigenvalue weighted by Crippen LogP contribution is -2.33. The van der Waals surface area contributed by atoms with Crippen LogP contribution in [0.1, 0.15) is 43.7 Å². The Kier molecular flexibility index (Phi) is 7.18. The summed E-state index contributed by atoms with van der Waals surface area (Å²) in [6.45, 7) is 7.61. The van der Waals surface area contributed by atoms with Gasteiger partial charge in [-0.1, -0.05) is 20.8 Å². The number of aromatic nitrogens is 1. The van der Waals surface area contributed by atoms with Gasteiger partial charge in [0, 0.05) is 30.3 Å². The van der Waals surface area contributed by atoms with Crippen molar-refractivity contribution in [2.75, 3.05) is 31.0 Å². The number of anilines is 1. The van der Waals surface area contributed by atoms with Gasteiger partial charge in [0.15, 0.2) is 5.13 Å². The predicted octanol–water partition coefficient (Wildman–Crippen LogP) is 3.56. The van der Waals surface area contributed by atoms with Crippen molar-refractivity contribution in [2.45, 2.75) is 45.7 Å². The lowest BCUT2D eigenvalue weighted by atomic mass is 10.1. The zero-order valence-corrected chi connectivity index (χ0v) is 14.6. The summed E-state index contributed by atoms with van der Waals surface area (Å²) in [5.74, 6) is 1.65. The van der Waals surface area contributed by atoms with Crippen molar-refractivity contribution < 1.29 is 0 Å². The highest BCUT2D eigenvalue weighted by molar-refractivity contribution is 7.98. The molecule has 0 bridgehead atoms. The van der Waals surface area contributed by atoms with Gasteiger partial charge in [0.05, 0.1) is 5.69 Å². The largest absolute Gasteiger partial charge is 0.347 e. The summed E-state index contributed by atoms with van der Waals surface area (Å²) in [7, 11) is 4.17. The fourth-order valence-corrected chi connectivity index (χ4v) is 4.20. The van der Waals surface area contributed by atoms with Crippen molar-refractivity contribution in [3.05, 3.63) is 10.6 Å². The molecule has 0 fully saturated rings. The Hall–Kier alpha value is -0.260. The van der Waals surface area contributed by atoms with Gasteiger partial charge in [-0.15, -0.1) is 11.3 Å². The van der Waals surface area contributed by atoms with Crippen LogP contribution in [-0.4, -0.2) is 37.1 Å². The van der Waals surface area contributed by atoms with Gasteiger partial charge in [-0.3, -0.25) is 0 Å². The fourth-order valence-electron chi connectivity index (χ4n) is 2.09. The second-order valence-corrected chi connectivity index (χ2v) is 7.09. The average Bonchev–Trinajstić information content (AvgIpc) is 2.80. The lowest BCUT2D eigenvalue weighted by Gasteiger charge is -2.26. The highest BCUT2D eigenvalue weighted by atomic mass is 32.2. The van der Waals surface area contributed by atoms with Crippen molar-refractivity contribution in [1.29, 1.82) is 0 Å². The maximum absolute atomic E-state index is 4.87. The molecule has 0 saturated carbocycles. The quantitative estimate of drug-likeness (QED) is 0.794. The number of nitrogens with zero attached hydrogens (tertiary/aromatic N) is 2. The third-order valence-corrected chi connectivity index (χ3v) is 5.16. The van der Waals surface area contributed by atoms with E-state index in [-0.39, 0.29) is 0 Å². The summed E-state index contributed by atoms with van der Waals surface area (Å²) in [6.07, 6.45) is 3.33. The summed E-state index contributed by atoms with van der Waals surface area (Å²) >= 11 is 3.74. The van der Waals surface area contributed by atoms with Gasteiger partial charge in [0.1, 0.15) is 0 Å². The number of thioether (sulfide) groups is 1. The molecule has 0 radical (unpaired) electrons. The van der Waals surface area contributed by atoms with Crippen LogP contribution in [0.4, 0.5) is 5.13 Å². The zero-order chi connectivity index (χ0) is 14.4. The summed E-state index contributed by atoms with van der Waals surface area (Å²) in [5.41, 5.74) is 1.25. The minimum absolute atomic E-state index is 0.488. The average molecular weight is 302 g/mol. The molecule has 0 aliphatic heterocycles. The van der Waals surface area contributed by atoms with Crippen molar-refractivity contribution in [3.63, 3.8) is 0 Å². The van der Waals surface area contributed by atoms with Gasteiger partial charge in [-0.25, -0.2) is 4.98 Å². The molecule has 5 heteroatoms.